The smallest absolute Gasteiger partial charge is 0.295 e. The van der Waals surface area contributed by atoms with Gasteiger partial charge in [0.25, 0.3) is 5.69 Å². The number of ether oxygens (including phenoxy) is 1. The molecule has 0 saturated carbocycles. The Morgan fingerprint density at radius 2 is 2.04 bits per heavy atom. The van der Waals surface area contributed by atoms with Crippen molar-refractivity contribution in [3.63, 3.8) is 0 Å². The van der Waals surface area contributed by atoms with Crippen LogP contribution in [0.4, 0.5) is 11.4 Å². The molecule has 2 N–H and O–H groups in total. The molecule has 1 fully saturated rings. The molecule has 1 aromatic rings. The molecular weight excluding hydrogens is 328 g/mol. The number of hydrogen-bond donors (Lipinski definition) is 1. The first kappa shape index (κ1) is 17.2. The zero-order valence-electron chi connectivity index (χ0n) is 12.1. The molecule has 2 rings (SSSR count). The molecule has 1 aliphatic heterocycles. The zero-order valence-corrected chi connectivity index (χ0v) is 12.9. The first-order chi connectivity index (χ1) is 10.8. The van der Waals surface area contributed by atoms with Gasteiger partial charge in [-0.1, -0.05) is 0 Å². The van der Waals surface area contributed by atoms with Crippen LogP contribution in [0.3, 0.4) is 0 Å². The molecule has 0 aromatic heterocycles. The van der Waals surface area contributed by atoms with Crippen LogP contribution in [0.25, 0.3) is 0 Å². The lowest BCUT2D eigenvalue weighted by atomic mass is 10.00. The molecule has 23 heavy (non-hydrogen) atoms. The number of nitro benzene ring substituents is 1. The van der Waals surface area contributed by atoms with E-state index in [0.717, 1.165) is 30.0 Å². The van der Waals surface area contributed by atoms with Gasteiger partial charge in [-0.05, 0) is 30.9 Å². The Morgan fingerprint density at radius 1 is 1.39 bits per heavy atom. The quantitative estimate of drug-likeness (QED) is 0.463. The third-order valence-corrected chi connectivity index (χ3v) is 4.53. The molecule has 1 aromatic carbocycles. The van der Waals surface area contributed by atoms with Crippen LogP contribution in [0.2, 0.25) is 0 Å². The Balaban J connectivity index is 2.35. The lowest BCUT2D eigenvalue weighted by molar-refractivity contribution is -0.384. The number of nitro groups is 1. The number of sulfonamides is 1. The highest BCUT2D eigenvalue weighted by atomic mass is 32.2. The van der Waals surface area contributed by atoms with Gasteiger partial charge in [0, 0.05) is 25.8 Å². The molecule has 0 bridgehead atoms. The Bertz CT molecular complexity index is 702. The van der Waals surface area contributed by atoms with Gasteiger partial charge in [-0.25, -0.2) is 18.6 Å². The van der Waals surface area contributed by atoms with E-state index in [1.807, 2.05) is 0 Å². The van der Waals surface area contributed by atoms with Crippen molar-refractivity contribution in [1.82, 2.24) is 0 Å². The molecule has 0 spiro atoms. The number of nitrogens with two attached hydrogens (primary N) is 1. The zero-order chi connectivity index (χ0) is 17.0. The summed E-state index contributed by atoms with van der Waals surface area (Å²) >= 11 is 0. The van der Waals surface area contributed by atoms with E-state index in [1.54, 1.807) is 0 Å². The van der Waals surface area contributed by atoms with E-state index in [4.69, 9.17) is 9.88 Å². The first-order valence-corrected chi connectivity index (χ1v) is 8.37. The Kier molecular flexibility index (Phi) is 5.23. The maximum absolute atomic E-state index is 11.3. The lowest BCUT2D eigenvalue weighted by Gasteiger charge is -2.25. The molecule has 0 radical (unpaired) electrons. The van der Waals surface area contributed by atoms with Crippen molar-refractivity contribution in [3.8, 4) is 0 Å². The maximum atomic E-state index is 11.3. The summed E-state index contributed by atoms with van der Waals surface area (Å²) < 4.78 is 27.9. The third kappa shape index (κ3) is 4.21. The predicted molar refractivity (Wildman–Crippen MR) is 81.2 cm³/mol. The molecule has 126 valence electrons. The summed E-state index contributed by atoms with van der Waals surface area (Å²) in [4.78, 5) is 21.1. The minimum atomic E-state index is -4.08. The fraction of sp³-hybridized carbons (Fsp3) is 0.500. The topological polar surface area (TPSA) is 145 Å². The Labute approximate surface area is 132 Å². The summed E-state index contributed by atoms with van der Waals surface area (Å²) in [7, 11) is -4.08. The van der Waals surface area contributed by atoms with Crippen molar-refractivity contribution in [2.75, 3.05) is 24.8 Å². The Morgan fingerprint density at radius 3 is 2.57 bits per heavy atom. The average Bonchev–Trinajstić information content (AvgIpc) is 2.52. The summed E-state index contributed by atoms with van der Waals surface area (Å²) in [6.45, 7) is 1.32. The number of primary sulfonamides is 1. The monoisotopic (exact) mass is 344 g/mol. The molecule has 0 atom stereocenters. The minimum Gasteiger partial charge on any atom is -0.381 e. The van der Waals surface area contributed by atoms with Gasteiger partial charge < -0.3 is 4.74 Å². The molecule has 0 unspecified atom stereocenters. The number of rotatable bonds is 6. The van der Waals surface area contributed by atoms with Gasteiger partial charge in [0.2, 0.25) is 10.0 Å². The van der Waals surface area contributed by atoms with Crippen molar-refractivity contribution in [2.24, 2.45) is 16.3 Å². The number of nitroso groups, excluding NO2 is 1. The van der Waals surface area contributed by atoms with Crippen LogP contribution in [0.1, 0.15) is 12.8 Å². The van der Waals surface area contributed by atoms with E-state index in [1.165, 1.54) is 6.07 Å². The average molecular weight is 344 g/mol. The summed E-state index contributed by atoms with van der Waals surface area (Å²) in [6.07, 6.45) is 1.43. The standard InChI is InChI=1S/C12H16N4O6S/c13-23(20,21)10-1-2-11(12(7-10)16(18)19)15(14-17)8-9-3-5-22-6-4-9/h1-2,7,9H,3-6,8H2,(H2,13,20,21). The van der Waals surface area contributed by atoms with Crippen LogP contribution in [0.5, 0.6) is 0 Å². The van der Waals surface area contributed by atoms with E-state index in [9.17, 15) is 23.4 Å². The van der Waals surface area contributed by atoms with Crippen molar-refractivity contribution >= 4 is 21.4 Å². The largest absolute Gasteiger partial charge is 0.381 e. The highest BCUT2D eigenvalue weighted by Gasteiger charge is 2.26. The second kappa shape index (κ2) is 6.98. The predicted octanol–water partition coefficient (Wildman–Crippen LogP) is 1.16. The van der Waals surface area contributed by atoms with E-state index in [0.29, 0.717) is 13.2 Å². The Hall–Kier alpha value is -2.11. The van der Waals surface area contributed by atoms with Crippen molar-refractivity contribution in [2.45, 2.75) is 17.7 Å². The van der Waals surface area contributed by atoms with Gasteiger partial charge in [0.05, 0.1) is 15.1 Å². The van der Waals surface area contributed by atoms with Gasteiger partial charge in [-0.2, -0.15) is 0 Å². The molecule has 0 amide bonds. The van der Waals surface area contributed by atoms with E-state index < -0.39 is 25.5 Å². The summed E-state index contributed by atoms with van der Waals surface area (Å²) in [5, 5.41) is 20.0. The second-order valence-electron chi connectivity index (χ2n) is 5.17. The number of nitrogens with zero attached hydrogens (tertiary/aromatic N) is 3. The van der Waals surface area contributed by atoms with Crippen molar-refractivity contribution < 1.29 is 18.1 Å². The van der Waals surface area contributed by atoms with Crippen LogP contribution in [-0.2, 0) is 14.8 Å². The molecule has 11 heteroatoms. The normalized spacial score (nSPS) is 16.0. The highest BCUT2D eigenvalue weighted by Crippen LogP contribution is 2.32. The van der Waals surface area contributed by atoms with Crippen molar-refractivity contribution in [3.05, 3.63) is 33.2 Å². The molecule has 0 aliphatic carbocycles. The highest BCUT2D eigenvalue weighted by molar-refractivity contribution is 7.89. The number of benzene rings is 1. The van der Waals surface area contributed by atoms with Crippen LogP contribution in [0, 0.1) is 20.9 Å². The SMILES string of the molecule is NS(=O)(=O)c1ccc(N(CC2CCOCC2)N=O)c([N+](=O)[O-])c1. The van der Waals surface area contributed by atoms with Crippen LogP contribution in [0.15, 0.2) is 28.4 Å². The van der Waals surface area contributed by atoms with Gasteiger partial charge in [0.15, 0.2) is 0 Å². The molecule has 1 aliphatic rings. The number of anilines is 1. The van der Waals surface area contributed by atoms with E-state index in [-0.39, 0.29) is 18.2 Å². The summed E-state index contributed by atoms with van der Waals surface area (Å²) in [5.74, 6) is 0.110. The summed E-state index contributed by atoms with van der Waals surface area (Å²) in [6, 6.07) is 3.10. The second-order valence-corrected chi connectivity index (χ2v) is 6.73. The third-order valence-electron chi connectivity index (χ3n) is 3.62. The molecule has 1 saturated heterocycles. The van der Waals surface area contributed by atoms with Gasteiger partial charge in [-0.3, -0.25) is 10.1 Å². The van der Waals surface area contributed by atoms with Crippen LogP contribution >= 0.6 is 0 Å². The first-order valence-electron chi connectivity index (χ1n) is 6.82. The lowest BCUT2D eigenvalue weighted by Crippen LogP contribution is -2.29. The van der Waals surface area contributed by atoms with Crippen molar-refractivity contribution in [1.29, 1.82) is 0 Å². The van der Waals surface area contributed by atoms with E-state index in [2.05, 4.69) is 5.29 Å². The molecule has 1 heterocycles. The number of hydrogen-bond acceptors (Lipinski definition) is 7. The minimum absolute atomic E-state index is 0.0658. The van der Waals surface area contributed by atoms with Gasteiger partial charge in [0.1, 0.15) is 5.69 Å². The molecule has 10 nitrogen and oxygen atoms in total. The van der Waals surface area contributed by atoms with Gasteiger partial charge in [-0.15, -0.1) is 4.91 Å². The van der Waals surface area contributed by atoms with Crippen LogP contribution < -0.4 is 10.1 Å². The maximum Gasteiger partial charge on any atom is 0.295 e. The fourth-order valence-corrected chi connectivity index (χ4v) is 2.93. The fourth-order valence-electron chi connectivity index (χ4n) is 2.39. The van der Waals surface area contributed by atoms with Crippen LogP contribution in [-0.4, -0.2) is 33.1 Å². The van der Waals surface area contributed by atoms with Gasteiger partial charge >= 0.3 is 0 Å². The molecular formula is C12H16N4O6S. The summed E-state index contributed by atoms with van der Waals surface area (Å²) in [5.41, 5.74) is -0.605. The van der Waals surface area contributed by atoms with E-state index >= 15 is 0 Å².